The molecule has 32 heavy (non-hydrogen) atoms. The molecule has 0 N–H and O–H groups in total. The van der Waals surface area contributed by atoms with Gasteiger partial charge >= 0.3 is 6.09 Å². The van der Waals surface area contributed by atoms with Crippen LogP contribution in [0.25, 0.3) is 0 Å². The number of carbonyl (C=O) groups excluding carboxylic acids is 1. The van der Waals surface area contributed by atoms with Crippen LogP contribution in [-0.4, -0.2) is 35.8 Å². The molecule has 0 radical (unpaired) electrons. The number of piperidine rings is 1. The maximum Gasteiger partial charge on any atom is 0.410 e. The molecule has 5 nitrogen and oxygen atoms in total. The smallest absolute Gasteiger partial charge is 0.410 e. The minimum atomic E-state index is -0.555. The van der Waals surface area contributed by atoms with E-state index in [0.717, 1.165) is 18.4 Å². The van der Waals surface area contributed by atoms with E-state index in [0.29, 0.717) is 28.6 Å². The first-order valence-corrected chi connectivity index (χ1v) is 11.4. The highest BCUT2D eigenvalue weighted by molar-refractivity contribution is 6.30. The molecule has 2 aliphatic heterocycles. The molecule has 1 unspecified atom stereocenters. The zero-order valence-electron chi connectivity index (χ0n) is 18.9. The summed E-state index contributed by atoms with van der Waals surface area (Å²) >= 11 is 5.90. The second kappa shape index (κ2) is 8.81. The third-order valence-electron chi connectivity index (χ3n) is 5.91. The van der Waals surface area contributed by atoms with Crippen LogP contribution in [0.3, 0.4) is 0 Å². The molecule has 172 valence electrons. The molecule has 4 rings (SSSR count). The number of nitrogens with zero attached hydrogens (tertiary/aromatic N) is 1. The summed E-state index contributed by atoms with van der Waals surface area (Å²) in [7, 11) is 0. The van der Waals surface area contributed by atoms with E-state index in [-0.39, 0.29) is 24.7 Å². The Bertz CT molecular complexity index is 1010. The Kier molecular flexibility index (Phi) is 6.26. The number of para-hydroxylation sites is 1. The van der Waals surface area contributed by atoms with Gasteiger partial charge in [0.15, 0.2) is 17.6 Å². The largest absolute Gasteiger partial charge is 0.485 e. The molecule has 0 aromatic heterocycles. The third kappa shape index (κ3) is 4.80. The molecule has 2 aliphatic rings. The SMILES string of the molecule is C[C@H]1CC(c2cccc3c2O[C@@H](c2ccc(Cl)cc2F)CO3)CCN1C(=O)OC(C)(C)C. The molecule has 2 aromatic carbocycles. The second-order valence-electron chi connectivity index (χ2n) is 9.50. The van der Waals surface area contributed by atoms with E-state index in [4.69, 9.17) is 25.8 Å². The predicted molar refractivity (Wildman–Crippen MR) is 121 cm³/mol. The van der Waals surface area contributed by atoms with Crippen molar-refractivity contribution >= 4 is 17.7 Å². The first-order chi connectivity index (χ1) is 15.1. The van der Waals surface area contributed by atoms with Gasteiger partial charge < -0.3 is 19.1 Å². The number of halogens is 2. The average Bonchev–Trinajstić information content (AvgIpc) is 2.71. The molecule has 1 saturated heterocycles. The Morgan fingerprint density at radius 2 is 2.00 bits per heavy atom. The lowest BCUT2D eigenvalue weighted by Gasteiger charge is -2.39. The number of hydrogen-bond donors (Lipinski definition) is 0. The molecule has 0 aliphatic carbocycles. The highest BCUT2D eigenvalue weighted by Gasteiger charge is 2.35. The molecular weight excluding hydrogens is 433 g/mol. The Morgan fingerprint density at radius 3 is 2.69 bits per heavy atom. The summed E-state index contributed by atoms with van der Waals surface area (Å²) in [5.74, 6) is 1.10. The molecule has 1 amide bonds. The quantitative estimate of drug-likeness (QED) is 0.512. The van der Waals surface area contributed by atoms with Crippen LogP contribution in [-0.2, 0) is 4.74 Å². The van der Waals surface area contributed by atoms with Crippen molar-refractivity contribution in [1.29, 1.82) is 0 Å². The fourth-order valence-corrected chi connectivity index (χ4v) is 4.56. The van der Waals surface area contributed by atoms with E-state index in [1.807, 2.05) is 45.9 Å². The van der Waals surface area contributed by atoms with Crippen LogP contribution in [0.1, 0.15) is 63.7 Å². The molecular formula is C25H29ClFNO4. The number of rotatable bonds is 2. The molecule has 2 aromatic rings. The molecule has 0 saturated carbocycles. The van der Waals surface area contributed by atoms with Crippen molar-refractivity contribution in [3.05, 3.63) is 58.4 Å². The van der Waals surface area contributed by atoms with E-state index < -0.39 is 17.5 Å². The van der Waals surface area contributed by atoms with Crippen molar-refractivity contribution in [2.45, 2.75) is 64.2 Å². The zero-order valence-corrected chi connectivity index (χ0v) is 19.6. The maximum atomic E-state index is 14.5. The van der Waals surface area contributed by atoms with Gasteiger partial charge in [0.1, 0.15) is 18.0 Å². The average molecular weight is 462 g/mol. The van der Waals surface area contributed by atoms with Gasteiger partial charge in [0.05, 0.1) is 0 Å². The van der Waals surface area contributed by atoms with Crippen LogP contribution in [0.4, 0.5) is 9.18 Å². The minimum Gasteiger partial charge on any atom is -0.485 e. The maximum absolute atomic E-state index is 14.5. The first-order valence-electron chi connectivity index (χ1n) is 11.0. The van der Waals surface area contributed by atoms with Crippen molar-refractivity contribution in [2.75, 3.05) is 13.2 Å². The van der Waals surface area contributed by atoms with Gasteiger partial charge in [0.25, 0.3) is 0 Å². The van der Waals surface area contributed by atoms with Crippen LogP contribution in [0.2, 0.25) is 5.02 Å². The summed E-state index contributed by atoms with van der Waals surface area (Å²) in [6.45, 7) is 8.47. The summed E-state index contributed by atoms with van der Waals surface area (Å²) in [6, 6.07) is 10.4. The highest BCUT2D eigenvalue weighted by Crippen LogP contribution is 2.45. The predicted octanol–water partition coefficient (Wildman–Crippen LogP) is 6.49. The topological polar surface area (TPSA) is 48.0 Å². The number of carbonyl (C=O) groups is 1. The fraction of sp³-hybridized carbons (Fsp3) is 0.480. The van der Waals surface area contributed by atoms with Gasteiger partial charge in [0.2, 0.25) is 0 Å². The van der Waals surface area contributed by atoms with E-state index in [1.165, 1.54) is 6.07 Å². The van der Waals surface area contributed by atoms with Gasteiger partial charge in [-0.1, -0.05) is 29.8 Å². The van der Waals surface area contributed by atoms with Gasteiger partial charge in [-0.3, -0.25) is 0 Å². The molecule has 0 spiro atoms. The summed E-state index contributed by atoms with van der Waals surface area (Å²) in [4.78, 5) is 14.4. The zero-order chi connectivity index (χ0) is 23.0. The van der Waals surface area contributed by atoms with Crippen LogP contribution >= 0.6 is 11.6 Å². The Hall–Kier alpha value is -2.47. The summed E-state index contributed by atoms with van der Waals surface area (Å²) in [5, 5.41) is 0.342. The van der Waals surface area contributed by atoms with Gasteiger partial charge in [-0.15, -0.1) is 0 Å². The number of amides is 1. The van der Waals surface area contributed by atoms with Crippen molar-refractivity contribution in [2.24, 2.45) is 0 Å². The number of likely N-dealkylation sites (tertiary alicyclic amines) is 1. The van der Waals surface area contributed by atoms with Gasteiger partial charge in [-0.2, -0.15) is 0 Å². The Morgan fingerprint density at radius 1 is 1.22 bits per heavy atom. The van der Waals surface area contributed by atoms with Crippen molar-refractivity contribution < 1.29 is 23.4 Å². The fourth-order valence-electron chi connectivity index (χ4n) is 4.40. The summed E-state index contributed by atoms with van der Waals surface area (Å²) < 4.78 is 32.3. The number of fused-ring (bicyclic) bond motifs is 1. The molecule has 1 fully saturated rings. The van der Waals surface area contributed by atoms with Crippen molar-refractivity contribution in [3.63, 3.8) is 0 Å². The number of hydrogen-bond acceptors (Lipinski definition) is 4. The molecule has 3 atom stereocenters. The lowest BCUT2D eigenvalue weighted by molar-refractivity contribution is 0.0101. The van der Waals surface area contributed by atoms with Crippen molar-refractivity contribution in [3.8, 4) is 11.5 Å². The van der Waals surface area contributed by atoms with Crippen LogP contribution in [0, 0.1) is 5.82 Å². The second-order valence-corrected chi connectivity index (χ2v) is 9.94. The van der Waals surface area contributed by atoms with Crippen LogP contribution in [0.15, 0.2) is 36.4 Å². The van der Waals surface area contributed by atoms with Gasteiger partial charge in [0, 0.05) is 28.7 Å². The van der Waals surface area contributed by atoms with E-state index in [1.54, 1.807) is 17.0 Å². The summed E-state index contributed by atoms with van der Waals surface area (Å²) in [6.07, 6.45) is 0.721. The normalized spacial score (nSPS) is 23.1. The standard InChI is InChI=1S/C25H29ClFNO4/c1-15-12-16(10-11-28(15)24(29)32-25(2,3)4)18-6-5-7-21-23(18)31-22(14-30-21)19-9-8-17(26)13-20(19)27/h5-9,13,15-16,22H,10-12,14H2,1-4H3/t15-,16?,22+/m0/s1. The highest BCUT2D eigenvalue weighted by atomic mass is 35.5. The molecule has 0 bridgehead atoms. The van der Waals surface area contributed by atoms with E-state index >= 15 is 0 Å². The van der Waals surface area contributed by atoms with Crippen LogP contribution < -0.4 is 9.47 Å². The lowest BCUT2D eigenvalue weighted by atomic mass is 9.85. The Balaban J connectivity index is 1.53. The van der Waals surface area contributed by atoms with E-state index in [2.05, 4.69) is 0 Å². The van der Waals surface area contributed by atoms with Crippen molar-refractivity contribution in [1.82, 2.24) is 4.90 Å². The Labute approximate surface area is 193 Å². The van der Waals surface area contributed by atoms with Gasteiger partial charge in [-0.25, -0.2) is 9.18 Å². The molecule has 2 heterocycles. The van der Waals surface area contributed by atoms with Gasteiger partial charge in [-0.05, 0) is 64.7 Å². The monoisotopic (exact) mass is 461 g/mol. The van der Waals surface area contributed by atoms with Crippen LogP contribution in [0.5, 0.6) is 11.5 Å². The third-order valence-corrected chi connectivity index (χ3v) is 6.15. The van der Waals surface area contributed by atoms with E-state index in [9.17, 15) is 9.18 Å². The number of ether oxygens (including phenoxy) is 3. The summed E-state index contributed by atoms with van der Waals surface area (Å²) in [5.41, 5.74) is 0.920. The molecule has 7 heteroatoms. The minimum absolute atomic E-state index is 0.0217. The number of benzene rings is 2. The lowest BCUT2D eigenvalue weighted by Crippen LogP contribution is -2.46. The first kappa shape index (κ1) is 22.7.